The lowest BCUT2D eigenvalue weighted by Gasteiger charge is -2.09. The molecule has 7 heteroatoms. The van der Waals surface area contributed by atoms with Crippen LogP contribution in [0.4, 0.5) is 10.1 Å². The Kier molecular flexibility index (Phi) is 4.13. The first-order chi connectivity index (χ1) is 10.0. The van der Waals surface area contributed by atoms with Gasteiger partial charge in [0.25, 0.3) is 5.91 Å². The highest BCUT2D eigenvalue weighted by Gasteiger charge is 2.15. The highest BCUT2D eigenvalue weighted by molar-refractivity contribution is 6.06. The maximum atomic E-state index is 13.6. The number of methoxy groups -OCH3 is 1. The molecule has 0 aliphatic carbocycles. The molecule has 6 nitrogen and oxygen atoms in total. The molecule has 21 heavy (non-hydrogen) atoms. The first kappa shape index (κ1) is 14.4. The van der Waals surface area contributed by atoms with Gasteiger partial charge in [0.1, 0.15) is 11.6 Å². The summed E-state index contributed by atoms with van der Waals surface area (Å²) >= 11 is 0. The monoisotopic (exact) mass is 290 g/mol. The van der Waals surface area contributed by atoms with Crippen LogP contribution in [-0.4, -0.2) is 29.1 Å². The molecule has 0 bridgehead atoms. The van der Waals surface area contributed by atoms with E-state index in [1.807, 2.05) is 0 Å². The van der Waals surface area contributed by atoms with Crippen molar-refractivity contribution in [2.45, 2.75) is 0 Å². The molecular formula is C14H11FN2O4. The molecular weight excluding hydrogens is 279 g/mol. The Hall–Kier alpha value is -2.96. The summed E-state index contributed by atoms with van der Waals surface area (Å²) in [5, 5.41) is 11.2. The van der Waals surface area contributed by atoms with Crippen LogP contribution in [0, 0.1) is 5.82 Å². The molecule has 0 saturated carbocycles. The van der Waals surface area contributed by atoms with Crippen LogP contribution in [0.1, 0.15) is 20.7 Å². The summed E-state index contributed by atoms with van der Waals surface area (Å²) in [5.41, 5.74) is -0.195. The zero-order valence-corrected chi connectivity index (χ0v) is 11.0. The summed E-state index contributed by atoms with van der Waals surface area (Å²) in [6.07, 6.45) is 2.74. The van der Waals surface area contributed by atoms with E-state index in [0.29, 0.717) is 0 Å². The molecule has 0 aliphatic rings. The van der Waals surface area contributed by atoms with Crippen LogP contribution in [0.3, 0.4) is 0 Å². The SMILES string of the molecule is COc1cnccc1C(=O)Nc1cc(C(=O)O)ccc1F. The predicted octanol–water partition coefficient (Wildman–Crippen LogP) is 2.18. The van der Waals surface area contributed by atoms with E-state index < -0.39 is 17.7 Å². The number of hydrogen-bond donors (Lipinski definition) is 2. The maximum Gasteiger partial charge on any atom is 0.335 e. The van der Waals surface area contributed by atoms with Crippen molar-refractivity contribution in [1.82, 2.24) is 4.98 Å². The smallest absolute Gasteiger partial charge is 0.335 e. The number of ether oxygens (including phenoxy) is 1. The van der Waals surface area contributed by atoms with Gasteiger partial charge in [-0.25, -0.2) is 9.18 Å². The van der Waals surface area contributed by atoms with Crippen molar-refractivity contribution in [3.63, 3.8) is 0 Å². The molecule has 1 amide bonds. The van der Waals surface area contributed by atoms with E-state index in [-0.39, 0.29) is 22.6 Å². The van der Waals surface area contributed by atoms with Gasteiger partial charge < -0.3 is 15.2 Å². The Morgan fingerprint density at radius 2 is 2.10 bits per heavy atom. The van der Waals surface area contributed by atoms with Crippen LogP contribution in [0.5, 0.6) is 5.75 Å². The Balaban J connectivity index is 2.31. The van der Waals surface area contributed by atoms with Crippen LogP contribution >= 0.6 is 0 Å². The second-order valence-corrected chi connectivity index (χ2v) is 4.03. The van der Waals surface area contributed by atoms with Crippen LogP contribution < -0.4 is 10.1 Å². The van der Waals surface area contributed by atoms with Gasteiger partial charge in [0, 0.05) is 6.20 Å². The molecule has 0 fully saturated rings. The molecule has 1 aromatic heterocycles. The van der Waals surface area contributed by atoms with Gasteiger partial charge in [-0.1, -0.05) is 0 Å². The minimum absolute atomic E-state index is 0.131. The van der Waals surface area contributed by atoms with Crippen LogP contribution in [0.15, 0.2) is 36.7 Å². The average Bonchev–Trinajstić information content (AvgIpc) is 2.49. The Morgan fingerprint density at radius 1 is 1.33 bits per heavy atom. The zero-order valence-electron chi connectivity index (χ0n) is 11.0. The van der Waals surface area contributed by atoms with Crippen molar-refractivity contribution < 1.29 is 23.8 Å². The summed E-state index contributed by atoms with van der Waals surface area (Å²) in [5.74, 6) is -2.35. The number of pyridine rings is 1. The number of nitrogens with one attached hydrogen (secondary N) is 1. The van der Waals surface area contributed by atoms with E-state index in [0.717, 1.165) is 18.2 Å². The second kappa shape index (κ2) is 6.00. The number of nitrogens with zero attached hydrogens (tertiary/aromatic N) is 1. The van der Waals surface area contributed by atoms with Gasteiger partial charge in [0.05, 0.1) is 30.1 Å². The number of carbonyl (C=O) groups excluding carboxylic acids is 1. The minimum Gasteiger partial charge on any atom is -0.494 e. The van der Waals surface area contributed by atoms with E-state index in [9.17, 15) is 14.0 Å². The van der Waals surface area contributed by atoms with Gasteiger partial charge in [-0.3, -0.25) is 9.78 Å². The maximum absolute atomic E-state index is 13.6. The van der Waals surface area contributed by atoms with E-state index in [1.165, 1.54) is 25.6 Å². The molecule has 108 valence electrons. The van der Waals surface area contributed by atoms with Crippen molar-refractivity contribution >= 4 is 17.6 Å². The predicted molar refractivity (Wildman–Crippen MR) is 72.1 cm³/mol. The number of aromatic carboxylic acids is 1. The number of rotatable bonds is 4. The second-order valence-electron chi connectivity index (χ2n) is 4.03. The molecule has 1 heterocycles. The lowest BCUT2D eigenvalue weighted by molar-refractivity contribution is 0.0696. The molecule has 0 spiro atoms. The largest absolute Gasteiger partial charge is 0.494 e. The Morgan fingerprint density at radius 3 is 2.76 bits per heavy atom. The van der Waals surface area contributed by atoms with Gasteiger partial charge in [0.15, 0.2) is 0 Å². The molecule has 0 atom stereocenters. The number of carboxylic acids is 1. The van der Waals surface area contributed by atoms with Crippen LogP contribution in [0.2, 0.25) is 0 Å². The molecule has 2 N–H and O–H groups in total. The average molecular weight is 290 g/mol. The fourth-order valence-corrected chi connectivity index (χ4v) is 1.67. The van der Waals surface area contributed by atoms with Gasteiger partial charge >= 0.3 is 5.97 Å². The van der Waals surface area contributed by atoms with Crippen molar-refractivity contribution in [1.29, 1.82) is 0 Å². The third-order valence-corrected chi connectivity index (χ3v) is 2.71. The van der Waals surface area contributed by atoms with Gasteiger partial charge in [0.2, 0.25) is 0 Å². The van der Waals surface area contributed by atoms with Crippen LogP contribution in [-0.2, 0) is 0 Å². The molecule has 2 aromatic rings. The third-order valence-electron chi connectivity index (χ3n) is 2.71. The number of anilines is 1. The first-order valence-electron chi connectivity index (χ1n) is 5.85. The van der Waals surface area contributed by atoms with Crippen molar-refractivity contribution in [2.24, 2.45) is 0 Å². The number of benzene rings is 1. The van der Waals surface area contributed by atoms with Gasteiger partial charge in [-0.2, -0.15) is 0 Å². The number of aromatic nitrogens is 1. The lowest BCUT2D eigenvalue weighted by Crippen LogP contribution is -2.15. The molecule has 0 aliphatic heterocycles. The van der Waals surface area contributed by atoms with E-state index >= 15 is 0 Å². The van der Waals surface area contributed by atoms with E-state index in [1.54, 1.807) is 0 Å². The van der Waals surface area contributed by atoms with E-state index in [2.05, 4.69) is 10.3 Å². The fourth-order valence-electron chi connectivity index (χ4n) is 1.67. The van der Waals surface area contributed by atoms with Gasteiger partial charge in [-0.15, -0.1) is 0 Å². The standard InChI is InChI=1S/C14H11FN2O4/c1-21-12-7-16-5-4-9(12)13(18)17-11-6-8(14(19)20)2-3-10(11)15/h2-7H,1H3,(H,17,18)(H,19,20). The van der Waals surface area contributed by atoms with Gasteiger partial charge in [-0.05, 0) is 24.3 Å². The van der Waals surface area contributed by atoms with Crippen molar-refractivity contribution in [2.75, 3.05) is 12.4 Å². The summed E-state index contributed by atoms with van der Waals surface area (Å²) in [6, 6.07) is 4.54. The summed E-state index contributed by atoms with van der Waals surface area (Å²) in [7, 11) is 1.37. The third kappa shape index (κ3) is 3.14. The lowest BCUT2D eigenvalue weighted by atomic mass is 10.1. The van der Waals surface area contributed by atoms with E-state index in [4.69, 9.17) is 9.84 Å². The molecule has 0 unspecified atom stereocenters. The Labute approximate surface area is 119 Å². The number of halogens is 1. The molecule has 0 radical (unpaired) electrons. The Bertz CT molecular complexity index is 703. The number of carboxylic acid groups (broad SMARTS) is 1. The van der Waals surface area contributed by atoms with Crippen molar-refractivity contribution in [3.05, 3.63) is 53.6 Å². The summed E-state index contributed by atoms with van der Waals surface area (Å²) in [6.45, 7) is 0. The summed E-state index contributed by atoms with van der Waals surface area (Å²) in [4.78, 5) is 26.8. The highest BCUT2D eigenvalue weighted by atomic mass is 19.1. The molecule has 1 aromatic carbocycles. The quantitative estimate of drug-likeness (QED) is 0.901. The van der Waals surface area contributed by atoms with Crippen molar-refractivity contribution in [3.8, 4) is 5.75 Å². The number of hydrogen-bond acceptors (Lipinski definition) is 4. The number of carbonyl (C=O) groups is 2. The zero-order chi connectivity index (χ0) is 15.4. The minimum atomic E-state index is -1.22. The summed E-state index contributed by atoms with van der Waals surface area (Å²) < 4.78 is 18.6. The molecule has 0 saturated heterocycles. The fraction of sp³-hybridized carbons (Fsp3) is 0.0714. The first-order valence-corrected chi connectivity index (χ1v) is 5.85. The normalized spacial score (nSPS) is 10.0. The molecule has 2 rings (SSSR count). The topological polar surface area (TPSA) is 88.5 Å². The number of amides is 1. The highest BCUT2D eigenvalue weighted by Crippen LogP contribution is 2.20. The van der Waals surface area contributed by atoms with Crippen LogP contribution in [0.25, 0.3) is 0 Å².